The molecule has 3 amide bonds. The number of thiazole rings is 1. The molecule has 7 nitrogen and oxygen atoms in total. The zero-order valence-corrected chi connectivity index (χ0v) is 17.1. The number of carbonyl (C=O) groups is 3. The molecule has 0 aliphatic rings. The van der Waals surface area contributed by atoms with Crippen molar-refractivity contribution in [3.63, 3.8) is 0 Å². The van der Waals surface area contributed by atoms with E-state index in [1.54, 1.807) is 40.8 Å². The molecule has 0 bridgehead atoms. The van der Waals surface area contributed by atoms with Gasteiger partial charge in [-0.3, -0.25) is 14.4 Å². The summed E-state index contributed by atoms with van der Waals surface area (Å²) >= 11 is 2.84. The van der Waals surface area contributed by atoms with Crippen LogP contribution < -0.4 is 10.6 Å². The lowest BCUT2D eigenvalue weighted by molar-refractivity contribution is -0.133. The van der Waals surface area contributed by atoms with Crippen molar-refractivity contribution < 1.29 is 14.4 Å². The van der Waals surface area contributed by atoms with E-state index in [-0.39, 0.29) is 30.9 Å². The summed E-state index contributed by atoms with van der Waals surface area (Å²) in [6, 6.07) is 11.1. The van der Waals surface area contributed by atoms with Crippen molar-refractivity contribution in [3.05, 3.63) is 51.7 Å². The fourth-order valence-corrected chi connectivity index (χ4v) is 4.17. The zero-order valence-electron chi connectivity index (χ0n) is 15.5. The van der Waals surface area contributed by atoms with Gasteiger partial charge in [0, 0.05) is 7.05 Å². The quantitative estimate of drug-likeness (QED) is 0.619. The van der Waals surface area contributed by atoms with Crippen LogP contribution >= 0.6 is 22.7 Å². The van der Waals surface area contributed by atoms with Crippen LogP contribution in [-0.2, 0) is 9.59 Å². The van der Waals surface area contributed by atoms with Crippen molar-refractivity contribution in [1.82, 2.24) is 20.5 Å². The number of carbonyl (C=O) groups excluding carboxylic acids is 3. The predicted octanol–water partition coefficient (Wildman–Crippen LogP) is 2.42. The smallest absolute Gasteiger partial charge is 0.261 e. The topological polar surface area (TPSA) is 91.4 Å². The predicted molar refractivity (Wildman–Crippen MR) is 110 cm³/mol. The van der Waals surface area contributed by atoms with Crippen molar-refractivity contribution in [2.45, 2.75) is 13.0 Å². The Hall–Kier alpha value is -2.78. The van der Waals surface area contributed by atoms with Crippen molar-refractivity contribution >= 4 is 50.6 Å². The van der Waals surface area contributed by atoms with Crippen LogP contribution in [0.25, 0.3) is 10.2 Å². The number of benzene rings is 1. The number of fused-ring (bicyclic) bond motifs is 1. The third kappa shape index (κ3) is 4.73. The molecule has 3 aromatic rings. The molecule has 28 heavy (non-hydrogen) atoms. The van der Waals surface area contributed by atoms with Gasteiger partial charge in [-0.05, 0) is 30.5 Å². The number of para-hydroxylation sites is 1. The number of likely N-dealkylation sites (N-methyl/N-ethyl adjacent to an activating group) is 1. The number of aromatic nitrogens is 1. The Kier molecular flexibility index (Phi) is 6.37. The van der Waals surface area contributed by atoms with Gasteiger partial charge in [0.2, 0.25) is 11.8 Å². The average Bonchev–Trinajstić information content (AvgIpc) is 3.38. The molecule has 0 unspecified atom stereocenters. The van der Waals surface area contributed by atoms with E-state index in [4.69, 9.17) is 0 Å². The molecule has 146 valence electrons. The minimum atomic E-state index is -0.417. The first kappa shape index (κ1) is 20.0. The number of hydrogen-bond acceptors (Lipinski definition) is 6. The Balaban J connectivity index is 1.48. The van der Waals surface area contributed by atoms with Crippen molar-refractivity contribution in [2.24, 2.45) is 0 Å². The summed E-state index contributed by atoms with van der Waals surface area (Å²) in [6.45, 7) is 1.58. The number of nitrogens with one attached hydrogen (secondary N) is 2. The van der Waals surface area contributed by atoms with E-state index in [0.717, 1.165) is 15.2 Å². The third-order valence-electron chi connectivity index (χ3n) is 4.23. The van der Waals surface area contributed by atoms with E-state index >= 15 is 0 Å². The summed E-state index contributed by atoms with van der Waals surface area (Å²) in [4.78, 5) is 42.8. The van der Waals surface area contributed by atoms with Crippen LogP contribution in [0.15, 0.2) is 41.8 Å². The van der Waals surface area contributed by atoms with Crippen molar-refractivity contribution in [3.8, 4) is 0 Å². The molecular formula is C19H20N4O3S2. The molecule has 0 aliphatic carbocycles. The van der Waals surface area contributed by atoms with Crippen molar-refractivity contribution in [1.29, 1.82) is 0 Å². The molecule has 2 heterocycles. The van der Waals surface area contributed by atoms with Gasteiger partial charge >= 0.3 is 0 Å². The number of thiophene rings is 1. The fraction of sp³-hybridized carbons (Fsp3) is 0.263. The molecule has 0 aliphatic heterocycles. The first-order valence-corrected chi connectivity index (χ1v) is 10.3. The highest BCUT2D eigenvalue weighted by molar-refractivity contribution is 7.18. The summed E-state index contributed by atoms with van der Waals surface area (Å²) < 4.78 is 1.07. The highest BCUT2D eigenvalue weighted by Gasteiger charge is 2.21. The average molecular weight is 417 g/mol. The maximum atomic E-state index is 12.4. The number of amides is 3. The molecule has 3 rings (SSSR count). The zero-order chi connectivity index (χ0) is 20.1. The van der Waals surface area contributed by atoms with Crippen LogP contribution in [-0.4, -0.2) is 47.7 Å². The van der Waals surface area contributed by atoms with Gasteiger partial charge < -0.3 is 15.5 Å². The first-order valence-electron chi connectivity index (χ1n) is 8.65. The van der Waals surface area contributed by atoms with Crippen LogP contribution in [0.3, 0.4) is 0 Å². The standard InChI is InChI=1S/C19H20N4O3S2/c1-12(19-22-13-6-3-4-7-14(13)28-19)23(2)17(25)11-20-16(24)10-21-18(26)15-8-5-9-27-15/h3-9,12H,10-11H2,1-2H3,(H,20,24)(H,21,26)/t12-/m0/s1. The van der Waals surface area contributed by atoms with E-state index in [9.17, 15) is 14.4 Å². The summed E-state index contributed by atoms with van der Waals surface area (Å²) in [7, 11) is 1.68. The number of rotatable bonds is 7. The summed E-state index contributed by atoms with van der Waals surface area (Å²) in [6.07, 6.45) is 0. The summed E-state index contributed by atoms with van der Waals surface area (Å²) in [5.41, 5.74) is 0.907. The monoisotopic (exact) mass is 416 g/mol. The van der Waals surface area contributed by atoms with E-state index < -0.39 is 5.91 Å². The van der Waals surface area contributed by atoms with Gasteiger partial charge in [-0.2, -0.15) is 0 Å². The van der Waals surface area contributed by atoms with Gasteiger partial charge in [0.15, 0.2) is 0 Å². The molecule has 0 fully saturated rings. The minimum absolute atomic E-state index is 0.139. The third-order valence-corrected chi connectivity index (χ3v) is 6.31. The van der Waals surface area contributed by atoms with E-state index in [1.807, 2.05) is 31.2 Å². The molecule has 0 spiro atoms. The molecule has 0 radical (unpaired) electrons. The van der Waals surface area contributed by atoms with Crippen molar-refractivity contribution in [2.75, 3.05) is 20.1 Å². The lowest BCUT2D eigenvalue weighted by Crippen LogP contribution is -2.43. The Bertz CT molecular complexity index is 951. The van der Waals surface area contributed by atoms with Gasteiger partial charge in [-0.15, -0.1) is 22.7 Å². The van der Waals surface area contributed by atoms with Gasteiger partial charge in [0.05, 0.1) is 34.2 Å². The molecule has 1 aromatic carbocycles. The van der Waals surface area contributed by atoms with Gasteiger partial charge in [0.25, 0.3) is 5.91 Å². The first-order chi connectivity index (χ1) is 13.5. The molecule has 0 saturated heterocycles. The highest BCUT2D eigenvalue weighted by atomic mass is 32.1. The SMILES string of the molecule is C[C@@H](c1nc2ccccc2s1)N(C)C(=O)CNC(=O)CNC(=O)c1cccs1. The molecule has 9 heteroatoms. The maximum absolute atomic E-state index is 12.4. The van der Waals surface area contributed by atoms with Gasteiger partial charge in [0.1, 0.15) is 5.01 Å². The number of hydrogen-bond donors (Lipinski definition) is 2. The minimum Gasteiger partial charge on any atom is -0.345 e. The largest absolute Gasteiger partial charge is 0.345 e. The summed E-state index contributed by atoms with van der Waals surface area (Å²) in [5, 5.41) is 7.69. The Morgan fingerprint density at radius 3 is 2.61 bits per heavy atom. The normalized spacial score (nSPS) is 11.8. The summed E-state index contributed by atoms with van der Waals surface area (Å²) in [5.74, 6) is -0.956. The van der Waals surface area contributed by atoms with Crippen LogP contribution in [0, 0.1) is 0 Å². The van der Waals surface area contributed by atoms with E-state index in [1.165, 1.54) is 11.3 Å². The Labute approximate surface area is 170 Å². The second-order valence-electron chi connectivity index (χ2n) is 6.14. The Morgan fingerprint density at radius 2 is 1.89 bits per heavy atom. The fourth-order valence-electron chi connectivity index (χ4n) is 2.47. The van der Waals surface area contributed by atoms with Crippen LogP contribution in [0.4, 0.5) is 0 Å². The highest BCUT2D eigenvalue weighted by Crippen LogP contribution is 2.28. The number of nitrogens with zero attached hydrogens (tertiary/aromatic N) is 2. The lowest BCUT2D eigenvalue weighted by Gasteiger charge is -2.23. The molecule has 2 N–H and O–H groups in total. The van der Waals surface area contributed by atoms with Crippen LogP contribution in [0.5, 0.6) is 0 Å². The van der Waals surface area contributed by atoms with E-state index in [2.05, 4.69) is 15.6 Å². The maximum Gasteiger partial charge on any atom is 0.261 e. The van der Waals surface area contributed by atoms with Crippen LogP contribution in [0.1, 0.15) is 27.6 Å². The Morgan fingerprint density at radius 1 is 1.11 bits per heavy atom. The molecular weight excluding hydrogens is 396 g/mol. The second-order valence-corrected chi connectivity index (χ2v) is 8.15. The second kappa shape index (κ2) is 8.94. The lowest BCUT2D eigenvalue weighted by atomic mass is 10.3. The van der Waals surface area contributed by atoms with Crippen LogP contribution in [0.2, 0.25) is 0 Å². The molecule has 0 saturated carbocycles. The van der Waals surface area contributed by atoms with Gasteiger partial charge in [-0.25, -0.2) is 4.98 Å². The van der Waals surface area contributed by atoms with Gasteiger partial charge in [-0.1, -0.05) is 18.2 Å². The molecule has 1 atom stereocenters. The molecule has 2 aromatic heterocycles. The van der Waals surface area contributed by atoms with E-state index in [0.29, 0.717) is 4.88 Å².